The van der Waals surface area contributed by atoms with Crippen LogP contribution in [0.15, 0.2) is 0 Å². The second-order valence-electron chi connectivity index (χ2n) is 10.5. The van der Waals surface area contributed by atoms with Crippen LogP contribution in [0.25, 0.3) is 0 Å². The number of fused-ring (bicyclic) bond motifs is 2. The molecule has 0 aromatic carbocycles. The third kappa shape index (κ3) is 2.86. The molecule has 0 amide bonds. The summed E-state index contributed by atoms with van der Waals surface area (Å²) in [7, 11) is 0. The molecule has 4 fully saturated rings. The molecule has 128 valence electrons. The summed E-state index contributed by atoms with van der Waals surface area (Å²) in [5, 5.41) is 19.6. The quantitative estimate of drug-likeness (QED) is 0.697. The average molecular weight is 309 g/mol. The van der Waals surface area contributed by atoms with Gasteiger partial charge in [0, 0.05) is 0 Å². The highest BCUT2D eigenvalue weighted by molar-refractivity contribution is 5.10. The van der Waals surface area contributed by atoms with Crippen molar-refractivity contribution < 1.29 is 10.2 Å². The molecule has 22 heavy (non-hydrogen) atoms. The van der Waals surface area contributed by atoms with Crippen LogP contribution in [0.1, 0.15) is 80.1 Å². The van der Waals surface area contributed by atoms with Gasteiger partial charge in [-0.05, 0) is 86.9 Å². The van der Waals surface area contributed by atoms with Gasteiger partial charge in [0.05, 0.1) is 11.2 Å². The second-order valence-corrected chi connectivity index (χ2v) is 10.5. The van der Waals surface area contributed by atoms with Gasteiger partial charge in [0.15, 0.2) is 0 Å². The van der Waals surface area contributed by atoms with E-state index in [1.165, 1.54) is 12.8 Å². The Balaban J connectivity index is 0.000000131. The molecule has 0 saturated heterocycles. The molecule has 0 radical (unpaired) electrons. The third-order valence-corrected chi connectivity index (χ3v) is 7.88. The Morgan fingerprint density at radius 2 is 0.909 bits per heavy atom. The van der Waals surface area contributed by atoms with Gasteiger partial charge < -0.3 is 10.2 Å². The predicted molar refractivity (Wildman–Crippen MR) is 90.5 cm³/mol. The number of hydrogen-bond donors (Lipinski definition) is 2. The van der Waals surface area contributed by atoms with Crippen molar-refractivity contribution in [1.82, 2.24) is 0 Å². The molecule has 0 heterocycles. The average Bonchev–Trinajstić information content (AvgIpc) is 3.08. The Morgan fingerprint density at radius 3 is 1.14 bits per heavy atom. The minimum absolute atomic E-state index is 0.352. The molecule has 2 nitrogen and oxygen atoms in total. The maximum absolute atomic E-state index is 9.80. The highest BCUT2D eigenvalue weighted by atomic mass is 16.3. The van der Waals surface area contributed by atoms with Crippen molar-refractivity contribution in [3.63, 3.8) is 0 Å². The van der Waals surface area contributed by atoms with Crippen molar-refractivity contribution in [3.05, 3.63) is 0 Å². The van der Waals surface area contributed by atoms with Crippen LogP contribution in [0.3, 0.4) is 0 Å². The molecule has 0 bridgehead atoms. The lowest BCUT2D eigenvalue weighted by Crippen LogP contribution is -2.28. The SMILES string of the molecule is CC1(O)CCC2C(C1)C2(C)C.CC1(O)CCC2C(C1)C2(C)C. The Kier molecular flexibility index (Phi) is 3.60. The molecule has 6 unspecified atom stereocenters. The summed E-state index contributed by atoms with van der Waals surface area (Å²) in [5.74, 6) is 3.46. The lowest BCUT2D eigenvalue weighted by molar-refractivity contribution is 0.0174. The summed E-state index contributed by atoms with van der Waals surface area (Å²) in [6, 6.07) is 0. The highest BCUT2D eigenvalue weighted by Crippen LogP contribution is 2.67. The van der Waals surface area contributed by atoms with Gasteiger partial charge in [-0.3, -0.25) is 0 Å². The lowest BCUT2D eigenvalue weighted by Gasteiger charge is -2.26. The van der Waals surface area contributed by atoms with Crippen molar-refractivity contribution >= 4 is 0 Å². The first-order valence-corrected chi connectivity index (χ1v) is 9.32. The zero-order valence-electron chi connectivity index (χ0n) is 15.4. The molecule has 0 spiro atoms. The van der Waals surface area contributed by atoms with E-state index >= 15 is 0 Å². The summed E-state index contributed by atoms with van der Waals surface area (Å²) < 4.78 is 0. The largest absolute Gasteiger partial charge is 0.390 e. The fourth-order valence-corrected chi connectivity index (χ4v) is 5.76. The van der Waals surface area contributed by atoms with Gasteiger partial charge in [-0.15, -0.1) is 0 Å². The van der Waals surface area contributed by atoms with Gasteiger partial charge in [0.25, 0.3) is 0 Å². The van der Waals surface area contributed by atoms with Crippen molar-refractivity contribution in [2.45, 2.75) is 91.3 Å². The molecule has 0 aromatic rings. The normalized spacial score (nSPS) is 53.5. The Morgan fingerprint density at radius 1 is 0.591 bits per heavy atom. The Hall–Kier alpha value is -0.0800. The highest BCUT2D eigenvalue weighted by Gasteiger charge is 2.61. The minimum Gasteiger partial charge on any atom is -0.390 e. The van der Waals surface area contributed by atoms with E-state index in [1.807, 2.05) is 13.8 Å². The molecule has 0 aromatic heterocycles. The first-order chi connectivity index (χ1) is 9.87. The summed E-state index contributed by atoms with van der Waals surface area (Å²) in [5.41, 5.74) is 0.380. The van der Waals surface area contributed by atoms with Crippen LogP contribution in [0.4, 0.5) is 0 Å². The fraction of sp³-hybridized carbons (Fsp3) is 1.00. The zero-order valence-corrected chi connectivity index (χ0v) is 15.4. The van der Waals surface area contributed by atoms with Crippen LogP contribution >= 0.6 is 0 Å². The van der Waals surface area contributed by atoms with E-state index in [9.17, 15) is 10.2 Å². The van der Waals surface area contributed by atoms with E-state index in [4.69, 9.17) is 0 Å². The molecule has 2 N–H and O–H groups in total. The van der Waals surface area contributed by atoms with Crippen molar-refractivity contribution in [1.29, 1.82) is 0 Å². The predicted octanol–water partition coefficient (Wildman–Crippen LogP) is 4.39. The van der Waals surface area contributed by atoms with Crippen molar-refractivity contribution in [2.24, 2.45) is 34.5 Å². The van der Waals surface area contributed by atoms with Gasteiger partial charge in [-0.2, -0.15) is 0 Å². The molecular formula is C20H36O2. The smallest absolute Gasteiger partial charge is 0.0622 e. The van der Waals surface area contributed by atoms with E-state index in [2.05, 4.69) is 27.7 Å². The molecule has 4 saturated carbocycles. The van der Waals surface area contributed by atoms with E-state index in [0.717, 1.165) is 49.4 Å². The summed E-state index contributed by atoms with van der Waals surface area (Å²) >= 11 is 0. The van der Waals surface area contributed by atoms with Crippen LogP contribution < -0.4 is 0 Å². The van der Waals surface area contributed by atoms with Crippen LogP contribution in [0.2, 0.25) is 0 Å². The molecule has 0 aliphatic heterocycles. The van der Waals surface area contributed by atoms with Gasteiger partial charge in [-0.1, -0.05) is 27.7 Å². The minimum atomic E-state index is -0.352. The summed E-state index contributed by atoms with van der Waals surface area (Å²) in [6.07, 6.45) is 6.57. The zero-order chi connectivity index (χ0) is 16.6. The third-order valence-electron chi connectivity index (χ3n) is 7.88. The van der Waals surface area contributed by atoms with Gasteiger partial charge in [0.2, 0.25) is 0 Å². The molecule has 4 rings (SSSR count). The van der Waals surface area contributed by atoms with Gasteiger partial charge >= 0.3 is 0 Å². The molecule has 6 atom stereocenters. The Bertz CT molecular complexity index is 401. The fourth-order valence-electron chi connectivity index (χ4n) is 5.76. The lowest BCUT2D eigenvalue weighted by atomic mass is 9.87. The van der Waals surface area contributed by atoms with Crippen LogP contribution in [-0.4, -0.2) is 21.4 Å². The molecule has 4 aliphatic rings. The topological polar surface area (TPSA) is 40.5 Å². The number of rotatable bonds is 0. The van der Waals surface area contributed by atoms with E-state index in [1.54, 1.807) is 0 Å². The first-order valence-electron chi connectivity index (χ1n) is 9.32. The van der Waals surface area contributed by atoms with E-state index < -0.39 is 0 Å². The van der Waals surface area contributed by atoms with Gasteiger partial charge in [-0.25, -0.2) is 0 Å². The van der Waals surface area contributed by atoms with Crippen molar-refractivity contribution in [3.8, 4) is 0 Å². The van der Waals surface area contributed by atoms with Crippen LogP contribution in [0, 0.1) is 34.5 Å². The summed E-state index contributed by atoms with van der Waals surface area (Å²) in [4.78, 5) is 0. The number of hydrogen-bond acceptors (Lipinski definition) is 2. The van der Waals surface area contributed by atoms with E-state index in [-0.39, 0.29) is 11.2 Å². The van der Waals surface area contributed by atoms with Crippen LogP contribution in [-0.2, 0) is 0 Å². The summed E-state index contributed by atoms with van der Waals surface area (Å²) in [6.45, 7) is 13.3. The monoisotopic (exact) mass is 308 g/mol. The molecular weight excluding hydrogens is 272 g/mol. The second kappa shape index (κ2) is 4.72. The maximum atomic E-state index is 9.80. The van der Waals surface area contributed by atoms with Crippen LogP contribution in [0.5, 0.6) is 0 Å². The van der Waals surface area contributed by atoms with Gasteiger partial charge in [0.1, 0.15) is 0 Å². The molecule has 2 heteroatoms. The van der Waals surface area contributed by atoms with Crippen molar-refractivity contribution in [2.75, 3.05) is 0 Å². The first kappa shape index (κ1) is 16.8. The maximum Gasteiger partial charge on any atom is 0.0622 e. The molecule has 4 aliphatic carbocycles. The Labute approximate surface area is 136 Å². The number of aliphatic hydroxyl groups is 2. The standard InChI is InChI=1S/2C10H18O/c2*1-9(2)7-4-5-10(3,11)6-8(7)9/h2*7-8,11H,4-6H2,1-3H3. The van der Waals surface area contributed by atoms with E-state index in [0.29, 0.717) is 10.8 Å².